The zero-order valence-electron chi connectivity index (χ0n) is 8.88. The van der Waals surface area contributed by atoms with Gasteiger partial charge in [0.1, 0.15) is 0 Å². The summed E-state index contributed by atoms with van der Waals surface area (Å²) in [4.78, 5) is 11.6. The Morgan fingerprint density at radius 2 is 2.18 bits per heavy atom. The molecule has 0 unspecified atom stereocenters. The van der Waals surface area contributed by atoms with Gasteiger partial charge < -0.3 is 5.11 Å². The molecular weight excluding hydrogens is 330 g/mol. The number of hydrogen-bond donors (Lipinski definition) is 1. The molecule has 0 radical (unpaired) electrons. The van der Waals surface area contributed by atoms with Gasteiger partial charge in [0.05, 0.1) is 14.6 Å². The fourth-order valence-electron chi connectivity index (χ4n) is 1.62. The number of hydrogen-bond acceptors (Lipinski definition) is 4. The SMILES string of the molecule is Cc1sc(Br)cc1S(=O)(=O)N1CC(C(=O)O)C1. The van der Waals surface area contributed by atoms with Gasteiger partial charge in [0.15, 0.2) is 0 Å². The normalized spacial score (nSPS) is 18.0. The quantitative estimate of drug-likeness (QED) is 0.905. The molecule has 1 fully saturated rings. The molecule has 1 aliphatic rings. The Morgan fingerprint density at radius 3 is 2.59 bits per heavy atom. The zero-order valence-corrected chi connectivity index (χ0v) is 12.1. The maximum atomic E-state index is 12.1. The van der Waals surface area contributed by atoms with E-state index in [9.17, 15) is 13.2 Å². The summed E-state index contributed by atoms with van der Waals surface area (Å²) in [6.07, 6.45) is 0. The Kier molecular flexibility index (Phi) is 3.32. The second kappa shape index (κ2) is 4.34. The number of halogens is 1. The van der Waals surface area contributed by atoms with Crippen LogP contribution in [0.1, 0.15) is 4.88 Å². The topological polar surface area (TPSA) is 74.7 Å². The first-order chi connectivity index (χ1) is 7.82. The molecule has 0 aliphatic carbocycles. The molecule has 1 N–H and O–H groups in total. The minimum absolute atomic E-state index is 0.0601. The lowest BCUT2D eigenvalue weighted by atomic mass is 10.0. The number of nitrogens with zero attached hydrogens (tertiary/aromatic N) is 1. The van der Waals surface area contributed by atoms with Crippen molar-refractivity contribution in [2.24, 2.45) is 5.92 Å². The first kappa shape index (κ1) is 13.0. The van der Waals surface area contributed by atoms with Crippen LogP contribution in [0, 0.1) is 12.8 Å². The van der Waals surface area contributed by atoms with Crippen molar-refractivity contribution >= 4 is 43.3 Å². The molecule has 1 saturated heterocycles. The number of sulfonamides is 1. The summed E-state index contributed by atoms with van der Waals surface area (Å²) in [5.74, 6) is -1.52. The highest BCUT2D eigenvalue weighted by molar-refractivity contribution is 9.11. The number of aliphatic carboxylic acids is 1. The molecule has 1 aliphatic heterocycles. The molecule has 17 heavy (non-hydrogen) atoms. The highest BCUT2D eigenvalue weighted by atomic mass is 79.9. The van der Waals surface area contributed by atoms with Crippen molar-refractivity contribution in [1.82, 2.24) is 4.31 Å². The van der Waals surface area contributed by atoms with E-state index in [1.807, 2.05) is 0 Å². The molecule has 5 nitrogen and oxygen atoms in total. The standard InChI is InChI=1S/C9H10BrNO4S2/c1-5-7(2-8(10)16-5)17(14,15)11-3-6(4-11)9(12)13/h2,6H,3-4H2,1H3,(H,12,13). The summed E-state index contributed by atoms with van der Waals surface area (Å²) in [5.41, 5.74) is 0. The fourth-order valence-corrected chi connectivity index (χ4v) is 5.53. The van der Waals surface area contributed by atoms with Crippen LogP contribution in [0.2, 0.25) is 0 Å². The van der Waals surface area contributed by atoms with Crippen LogP contribution < -0.4 is 0 Å². The lowest BCUT2D eigenvalue weighted by Gasteiger charge is -2.35. The smallest absolute Gasteiger partial charge is 0.309 e. The molecule has 0 aromatic carbocycles. The first-order valence-electron chi connectivity index (χ1n) is 4.81. The first-order valence-corrected chi connectivity index (χ1v) is 7.86. The molecule has 2 heterocycles. The van der Waals surface area contributed by atoms with Crippen LogP contribution in [0.5, 0.6) is 0 Å². The van der Waals surface area contributed by atoms with E-state index in [1.54, 1.807) is 13.0 Å². The van der Waals surface area contributed by atoms with Gasteiger partial charge in [0, 0.05) is 18.0 Å². The molecule has 0 atom stereocenters. The third kappa shape index (κ3) is 2.26. The van der Waals surface area contributed by atoms with Crippen LogP contribution in [0.3, 0.4) is 0 Å². The van der Waals surface area contributed by atoms with Crippen LogP contribution in [0.25, 0.3) is 0 Å². The van der Waals surface area contributed by atoms with Gasteiger partial charge in [0.25, 0.3) is 0 Å². The Morgan fingerprint density at radius 1 is 1.59 bits per heavy atom. The van der Waals surface area contributed by atoms with E-state index >= 15 is 0 Å². The van der Waals surface area contributed by atoms with Crippen molar-refractivity contribution in [3.8, 4) is 0 Å². The molecule has 0 spiro atoms. The van der Waals surface area contributed by atoms with Crippen molar-refractivity contribution in [3.63, 3.8) is 0 Å². The predicted molar refractivity (Wildman–Crippen MR) is 66.6 cm³/mol. The van der Waals surface area contributed by atoms with Gasteiger partial charge >= 0.3 is 5.97 Å². The van der Waals surface area contributed by atoms with E-state index < -0.39 is 21.9 Å². The fraction of sp³-hybridized carbons (Fsp3) is 0.444. The minimum Gasteiger partial charge on any atom is -0.481 e. The molecular formula is C9H10BrNO4S2. The number of rotatable bonds is 3. The highest BCUT2D eigenvalue weighted by Crippen LogP contribution is 2.33. The number of carboxylic acids is 1. The lowest BCUT2D eigenvalue weighted by molar-refractivity contribution is -0.145. The molecule has 2 rings (SSSR count). The van der Waals surface area contributed by atoms with Gasteiger partial charge in [-0.2, -0.15) is 4.31 Å². The molecule has 0 amide bonds. The summed E-state index contributed by atoms with van der Waals surface area (Å²) < 4.78 is 26.2. The number of carboxylic acid groups (broad SMARTS) is 1. The lowest BCUT2D eigenvalue weighted by Crippen LogP contribution is -2.52. The van der Waals surface area contributed by atoms with Crippen LogP contribution in [-0.4, -0.2) is 36.9 Å². The molecule has 1 aromatic rings. The van der Waals surface area contributed by atoms with Crippen LogP contribution >= 0.6 is 27.3 Å². The Balaban J connectivity index is 2.22. The molecule has 0 saturated carbocycles. The monoisotopic (exact) mass is 339 g/mol. The van der Waals surface area contributed by atoms with Gasteiger partial charge in [-0.1, -0.05) is 0 Å². The summed E-state index contributed by atoms with van der Waals surface area (Å²) in [6, 6.07) is 1.56. The minimum atomic E-state index is -3.53. The molecule has 1 aromatic heterocycles. The third-order valence-electron chi connectivity index (χ3n) is 2.66. The van der Waals surface area contributed by atoms with Crippen molar-refractivity contribution in [2.45, 2.75) is 11.8 Å². The largest absolute Gasteiger partial charge is 0.481 e. The number of thiophene rings is 1. The van der Waals surface area contributed by atoms with Crippen LogP contribution in [-0.2, 0) is 14.8 Å². The van der Waals surface area contributed by atoms with Gasteiger partial charge in [-0.15, -0.1) is 11.3 Å². The van der Waals surface area contributed by atoms with Crippen molar-refractivity contribution in [2.75, 3.05) is 13.1 Å². The zero-order chi connectivity index (χ0) is 12.8. The molecule has 94 valence electrons. The highest BCUT2D eigenvalue weighted by Gasteiger charge is 2.41. The van der Waals surface area contributed by atoms with E-state index in [-0.39, 0.29) is 18.0 Å². The van der Waals surface area contributed by atoms with Gasteiger partial charge in [-0.3, -0.25) is 4.79 Å². The molecule has 8 heteroatoms. The summed E-state index contributed by atoms with van der Waals surface area (Å²) in [7, 11) is -3.53. The second-order valence-electron chi connectivity index (χ2n) is 3.83. The Labute approximate surface area is 111 Å². The van der Waals surface area contributed by atoms with Gasteiger partial charge in [0.2, 0.25) is 10.0 Å². The Bertz CT molecular complexity index is 560. The van der Waals surface area contributed by atoms with Crippen molar-refractivity contribution < 1.29 is 18.3 Å². The van der Waals surface area contributed by atoms with E-state index in [0.29, 0.717) is 4.88 Å². The van der Waals surface area contributed by atoms with Crippen LogP contribution in [0.4, 0.5) is 0 Å². The van der Waals surface area contributed by atoms with E-state index in [2.05, 4.69) is 15.9 Å². The second-order valence-corrected chi connectivity index (χ2v) is 8.37. The van der Waals surface area contributed by atoms with E-state index in [0.717, 1.165) is 3.79 Å². The average molecular weight is 340 g/mol. The van der Waals surface area contributed by atoms with Gasteiger partial charge in [-0.25, -0.2) is 8.42 Å². The average Bonchev–Trinajstić information content (AvgIpc) is 2.41. The van der Waals surface area contributed by atoms with Gasteiger partial charge in [-0.05, 0) is 28.9 Å². The third-order valence-corrected chi connectivity index (χ3v) is 6.30. The number of aryl methyl sites for hydroxylation is 1. The van der Waals surface area contributed by atoms with Crippen molar-refractivity contribution in [1.29, 1.82) is 0 Å². The predicted octanol–water partition coefficient (Wildman–Crippen LogP) is 1.52. The maximum absolute atomic E-state index is 12.1. The number of carbonyl (C=O) groups is 1. The summed E-state index contributed by atoms with van der Waals surface area (Å²) >= 11 is 4.59. The van der Waals surface area contributed by atoms with E-state index in [4.69, 9.17) is 5.11 Å². The maximum Gasteiger partial charge on any atom is 0.309 e. The summed E-state index contributed by atoms with van der Waals surface area (Å²) in [5, 5.41) is 8.72. The van der Waals surface area contributed by atoms with E-state index in [1.165, 1.54) is 15.6 Å². The summed E-state index contributed by atoms with van der Waals surface area (Å²) in [6.45, 7) is 1.85. The van der Waals surface area contributed by atoms with Crippen molar-refractivity contribution in [3.05, 3.63) is 14.7 Å². The molecule has 0 bridgehead atoms. The van der Waals surface area contributed by atoms with Crippen LogP contribution in [0.15, 0.2) is 14.7 Å². The Hall–Kier alpha value is -0.440.